The minimum Gasteiger partial charge on any atom is -0.234 e. The summed E-state index contributed by atoms with van der Waals surface area (Å²) in [7, 11) is 0. The van der Waals surface area contributed by atoms with E-state index in [-0.39, 0.29) is 0 Å². The Balaban J connectivity index is 2.81. The molecule has 3 nitrogen and oxygen atoms in total. The molecule has 3 heteroatoms. The standard InChI is InChI=1S/C12H13N3/c1-4-6-10-7-9(3)15-12(10)11(5-2)13-8-14-15/h4-5,7-8H,1-2,6H2,3H3. The van der Waals surface area contributed by atoms with Crippen LogP contribution >= 0.6 is 0 Å². The number of hydrogen-bond donors (Lipinski definition) is 0. The van der Waals surface area contributed by atoms with E-state index >= 15 is 0 Å². The number of nitrogens with zero attached hydrogens (tertiary/aromatic N) is 3. The van der Waals surface area contributed by atoms with E-state index in [2.05, 4.69) is 29.3 Å². The first-order valence-corrected chi connectivity index (χ1v) is 4.83. The highest BCUT2D eigenvalue weighted by atomic mass is 15.2. The Morgan fingerprint density at radius 1 is 1.47 bits per heavy atom. The average Bonchev–Trinajstić information content (AvgIpc) is 2.57. The first-order valence-electron chi connectivity index (χ1n) is 4.83. The van der Waals surface area contributed by atoms with Crippen molar-refractivity contribution in [1.29, 1.82) is 0 Å². The van der Waals surface area contributed by atoms with Crippen molar-refractivity contribution in [2.75, 3.05) is 0 Å². The van der Waals surface area contributed by atoms with Crippen molar-refractivity contribution in [3.05, 3.63) is 48.6 Å². The SMILES string of the molecule is C=CCc1cc(C)n2ncnc(C=C)c12. The highest BCUT2D eigenvalue weighted by Gasteiger charge is 2.09. The molecule has 76 valence electrons. The van der Waals surface area contributed by atoms with Crippen molar-refractivity contribution in [3.63, 3.8) is 0 Å². The van der Waals surface area contributed by atoms with Gasteiger partial charge in [0.2, 0.25) is 0 Å². The summed E-state index contributed by atoms with van der Waals surface area (Å²) in [6, 6.07) is 2.11. The number of rotatable bonds is 3. The Morgan fingerprint density at radius 2 is 2.27 bits per heavy atom. The van der Waals surface area contributed by atoms with Crippen molar-refractivity contribution in [2.45, 2.75) is 13.3 Å². The van der Waals surface area contributed by atoms with Crippen LogP contribution in [0.15, 0.2) is 31.6 Å². The van der Waals surface area contributed by atoms with Gasteiger partial charge >= 0.3 is 0 Å². The van der Waals surface area contributed by atoms with Crippen LogP contribution in [0, 0.1) is 6.92 Å². The molecule has 15 heavy (non-hydrogen) atoms. The molecule has 0 atom stereocenters. The fourth-order valence-corrected chi connectivity index (χ4v) is 1.78. The molecular weight excluding hydrogens is 186 g/mol. The van der Waals surface area contributed by atoms with Gasteiger partial charge in [0.15, 0.2) is 0 Å². The predicted octanol–water partition coefficient (Wildman–Crippen LogP) is 2.41. The van der Waals surface area contributed by atoms with Gasteiger partial charge < -0.3 is 0 Å². The molecule has 0 saturated carbocycles. The van der Waals surface area contributed by atoms with E-state index in [0.29, 0.717) is 0 Å². The number of aromatic nitrogens is 3. The van der Waals surface area contributed by atoms with Crippen LogP contribution in [0.3, 0.4) is 0 Å². The van der Waals surface area contributed by atoms with E-state index in [1.807, 2.05) is 17.5 Å². The Labute approximate surface area is 88.8 Å². The molecule has 0 amide bonds. The van der Waals surface area contributed by atoms with Crippen molar-refractivity contribution in [3.8, 4) is 0 Å². The Hall–Kier alpha value is -1.90. The predicted molar refractivity (Wildman–Crippen MR) is 61.7 cm³/mol. The van der Waals surface area contributed by atoms with Gasteiger partial charge in [-0.2, -0.15) is 5.10 Å². The van der Waals surface area contributed by atoms with Crippen LogP contribution in [0.5, 0.6) is 0 Å². The van der Waals surface area contributed by atoms with Crippen LogP contribution in [-0.2, 0) is 6.42 Å². The fraction of sp³-hybridized carbons (Fsp3) is 0.167. The minimum absolute atomic E-state index is 0.825. The second-order valence-electron chi connectivity index (χ2n) is 3.41. The van der Waals surface area contributed by atoms with Crippen LogP contribution in [0.2, 0.25) is 0 Å². The number of hydrogen-bond acceptors (Lipinski definition) is 2. The highest BCUT2D eigenvalue weighted by molar-refractivity contribution is 5.70. The van der Waals surface area contributed by atoms with Crippen molar-refractivity contribution in [1.82, 2.24) is 14.6 Å². The molecule has 0 saturated heterocycles. The summed E-state index contributed by atoms with van der Waals surface area (Å²) in [5, 5.41) is 4.22. The van der Waals surface area contributed by atoms with Gasteiger partial charge in [0.1, 0.15) is 6.33 Å². The summed E-state index contributed by atoms with van der Waals surface area (Å²) in [4.78, 5) is 4.20. The first-order chi connectivity index (χ1) is 7.27. The number of aryl methyl sites for hydroxylation is 1. The van der Waals surface area contributed by atoms with Crippen molar-refractivity contribution >= 4 is 11.6 Å². The molecule has 0 aliphatic rings. The molecule has 2 aromatic heterocycles. The van der Waals surface area contributed by atoms with E-state index in [1.54, 1.807) is 12.4 Å². The Morgan fingerprint density at radius 3 is 2.93 bits per heavy atom. The maximum Gasteiger partial charge on any atom is 0.137 e. The van der Waals surface area contributed by atoms with E-state index < -0.39 is 0 Å². The van der Waals surface area contributed by atoms with Gasteiger partial charge in [-0.3, -0.25) is 0 Å². The van der Waals surface area contributed by atoms with Crippen LogP contribution in [0.25, 0.3) is 11.6 Å². The van der Waals surface area contributed by atoms with Crippen LogP contribution in [0.4, 0.5) is 0 Å². The molecule has 0 aliphatic carbocycles. The second kappa shape index (κ2) is 3.69. The number of fused-ring (bicyclic) bond motifs is 1. The average molecular weight is 199 g/mol. The molecule has 0 spiro atoms. The van der Waals surface area contributed by atoms with Crippen LogP contribution in [0.1, 0.15) is 17.0 Å². The molecule has 0 bridgehead atoms. The maximum absolute atomic E-state index is 4.22. The van der Waals surface area contributed by atoms with Gasteiger partial charge in [0, 0.05) is 5.69 Å². The smallest absolute Gasteiger partial charge is 0.137 e. The Kier molecular flexibility index (Phi) is 2.37. The lowest BCUT2D eigenvalue weighted by atomic mass is 10.1. The first kappa shape index (κ1) is 9.65. The summed E-state index contributed by atoms with van der Waals surface area (Å²) in [5.74, 6) is 0. The normalized spacial score (nSPS) is 10.5. The fourth-order valence-electron chi connectivity index (χ4n) is 1.78. The molecule has 2 heterocycles. The summed E-state index contributed by atoms with van der Waals surface area (Å²) >= 11 is 0. The largest absolute Gasteiger partial charge is 0.234 e. The lowest BCUT2D eigenvalue weighted by molar-refractivity contribution is 0.867. The Bertz CT molecular complexity index is 523. The minimum atomic E-state index is 0.825. The third-order valence-electron chi connectivity index (χ3n) is 2.40. The van der Waals surface area contributed by atoms with Crippen molar-refractivity contribution < 1.29 is 0 Å². The molecule has 0 radical (unpaired) electrons. The molecule has 0 N–H and O–H groups in total. The highest BCUT2D eigenvalue weighted by Crippen LogP contribution is 2.19. The third-order valence-corrected chi connectivity index (χ3v) is 2.40. The van der Waals surface area contributed by atoms with Crippen LogP contribution < -0.4 is 0 Å². The molecule has 2 rings (SSSR count). The molecule has 2 aromatic rings. The zero-order chi connectivity index (χ0) is 10.8. The molecule has 0 aromatic carbocycles. The topological polar surface area (TPSA) is 30.2 Å². The van der Waals surface area contributed by atoms with Gasteiger partial charge in [0.25, 0.3) is 0 Å². The third kappa shape index (κ3) is 1.46. The molecule has 0 aliphatic heterocycles. The van der Waals surface area contributed by atoms with Gasteiger partial charge in [-0.05, 0) is 31.1 Å². The number of allylic oxidation sites excluding steroid dienone is 1. The zero-order valence-corrected chi connectivity index (χ0v) is 8.77. The monoisotopic (exact) mass is 199 g/mol. The molecular formula is C12H13N3. The van der Waals surface area contributed by atoms with Crippen LogP contribution in [-0.4, -0.2) is 14.6 Å². The van der Waals surface area contributed by atoms with E-state index in [9.17, 15) is 0 Å². The van der Waals surface area contributed by atoms with E-state index in [1.165, 1.54) is 5.56 Å². The van der Waals surface area contributed by atoms with Gasteiger partial charge in [-0.1, -0.05) is 12.7 Å². The van der Waals surface area contributed by atoms with E-state index in [0.717, 1.165) is 23.3 Å². The summed E-state index contributed by atoms with van der Waals surface area (Å²) in [6.45, 7) is 9.54. The maximum atomic E-state index is 4.22. The quantitative estimate of drug-likeness (QED) is 0.710. The summed E-state index contributed by atoms with van der Waals surface area (Å²) < 4.78 is 1.89. The summed E-state index contributed by atoms with van der Waals surface area (Å²) in [5.41, 5.74) is 4.20. The van der Waals surface area contributed by atoms with Gasteiger partial charge in [-0.15, -0.1) is 6.58 Å². The molecule has 0 fully saturated rings. The zero-order valence-electron chi connectivity index (χ0n) is 8.77. The van der Waals surface area contributed by atoms with Gasteiger partial charge in [0.05, 0.1) is 11.2 Å². The van der Waals surface area contributed by atoms with Gasteiger partial charge in [-0.25, -0.2) is 9.50 Å². The molecule has 0 unspecified atom stereocenters. The lowest BCUT2D eigenvalue weighted by Gasteiger charge is -2.00. The van der Waals surface area contributed by atoms with E-state index in [4.69, 9.17) is 0 Å². The summed E-state index contributed by atoms with van der Waals surface area (Å²) in [6.07, 6.45) is 6.01. The van der Waals surface area contributed by atoms with Crippen molar-refractivity contribution in [2.24, 2.45) is 0 Å². The second-order valence-corrected chi connectivity index (χ2v) is 3.41. The lowest BCUT2D eigenvalue weighted by Crippen LogP contribution is -1.97.